The predicted molar refractivity (Wildman–Crippen MR) is 117 cm³/mol. The summed E-state index contributed by atoms with van der Waals surface area (Å²) >= 11 is 0. The van der Waals surface area contributed by atoms with Gasteiger partial charge in [-0.25, -0.2) is 4.98 Å². The van der Waals surface area contributed by atoms with E-state index in [4.69, 9.17) is 9.72 Å². The fraction of sp³-hybridized carbons (Fsp3) is 0.417. The fourth-order valence-electron chi connectivity index (χ4n) is 4.55. The lowest BCUT2D eigenvalue weighted by atomic mass is 9.96. The summed E-state index contributed by atoms with van der Waals surface area (Å²) < 4.78 is 5.43. The summed E-state index contributed by atoms with van der Waals surface area (Å²) in [6.07, 6.45) is 2.06. The highest BCUT2D eigenvalue weighted by molar-refractivity contribution is 5.94. The number of para-hydroxylation sites is 2. The number of hydrogen-bond donors (Lipinski definition) is 1. The molecule has 0 aliphatic carbocycles. The van der Waals surface area contributed by atoms with Gasteiger partial charge in [0.1, 0.15) is 5.82 Å². The molecule has 1 atom stereocenters. The van der Waals surface area contributed by atoms with Crippen molar-refractivity contribution in [2.24, 2.45) is 0 Å². The number of aromatic amines is 1. The maximum absolute atomic E-state index is 13.3. The van der Waals surface area contributed by atoms with E-state index in [-0.39, 0.29) is 11.8 Å². The van der Waals surface area contributed by atoms with Crippen LogP contribution < -0.4 is 0 Å². The quantitative estimate of drug-likeness (QED) is 0.724. The van der Waals surface area contributed by atoms with E-state index in [1.54, 1.807) is 0 Å². The molecule has 0 radical (unpaired) electrons. The van der Waals surface area contributed by atoms with Crippen molar-refractivity contribution in [1.82, 2.24) is 19.8 Å². The Hall–Kier alpha value is -2.70. The monoisotopic (exact) mass is 404 g/mol. The Morgan fingerprint density at radius 3 is 2.83 bits per heavy atom. The Labute approximate surface area is 176 Å². The van der Waals surface area contributed by atoms with E-state index in [1.807, 2.05) is 35.2 Å². The third-order valence-corrected chi connectivity index (χ3v) is 6.19. The molecule has 2 aliphatic heterocycles. The minimum atomic E-state index is 0.125. The number of likely N-dealkylation sites (tertiary alicyclic amines) is 1. The van der Waals surface area contributed by atoms with Crippen LogP contribution in [0.15, 0.2) is 48.5 Å². The van der Waals surface area contributed by atoms with Gasteiger partial charge in [-0.05, 0) is 42.7 Å². The van der Waals surface area contributed by atoms with E-state index in [0.29, 0.717) is 6.54 Å². The first-order valence-corrected chi connectivity index (χ1v) is 10.9. The minimum absolute atomic E-state index is 0.125. The van der Waals surface area contributed by atoms with E-state index < -0.39 is 0 Å². The summed E-state index contributed by atoms with van der Waals surface area (Å²) in [5, 5.41) is 0. The molecule has 0 saturated carbocycles. The van der Waals surface area contributed by atoms with Crippen molar-refractivity contribution in [3.05, 3.63) is 65.5 Å². The van der Waals surface area contributed by atoms with Crippen LogP contribution in [0.5, 0.6) is 0 Å². The molecule has 156 valence electrons. The van der Waals surface area contributed by atoms with E-state index in [0.717, 1.165) is 74.7 Å². The number of benzene rings is 2. The Bertz CT molecular complexity index is 992. The first-order chi connectivity index (χ1) is 14.8. The van der Waals surface area contributed by atoms with E-state index in [9.17, 15) is 4.79 Å². The number of nitrogens with zero attached hydrogens (tertiary/aromatic N) is 3. The van der Waals surface area contributed by atoms with E-state index in [1.165, 1.54) is 5.56 Å². The number of nitrogens with one attached hydrogen (secondary N) is 1. The molecular weight excluding hydrogens is 376 g/mol. The maximum Gasteiger partial charge on any atom is 0.253 e. The van der Waals surface area contributed by atoms with Crippen LogP contribution in [0.1, 0.15) is 40.5 Å². The molecule has 2 fully saturated rings. The van der Waals surface area contributed by atoms with Crippen molar-refractivity contribution < 1.29 is 9.53 Å². The number of imidazole rings is 1. The number of H-pyrrole nitrogens is 1. The lowest BCUT2D eigenvalue weighted by Gasteiger charge is -2.32. The predicted octanol–water partition coefficient (Wildman–Crippen LogP) is 3.41. The Morgan fingerprint density at radius 2 is 1.97 bits per heavy atom. The summed E-state index contributed by atoms with van der Waals surface area (Å²) in [6, 6.07) is 16.2. The molecule has 0 spiro atoms. The van der Waals surface area contributed by atoms with Crippen LogP contribution in [0.25, 0.3) is 11.0 Å². The second-order valence-electron chi connectivity index (χ2n) is 8.32. The highest BCUT2D eigenvalue weighted by Gasteiger charge is 2.27. The van der Waals surface area contributed by atoms with Crippen LogP contribution in [0.3, 0.4) is 0 Å². The zero-order valence-electron chi connectivity index (χ0n) is 17.2. The third kappa shape index (κ3) is 4.11. The number of morpholine rings is 1. The number of fused-ring (bicyclic) bond motifs is 1. The SMILES string of the molecule is O=C(c1cccc(CN2CCOCC2)c1)N1CCCC(c2nc3ccccc3[nH]2)C1. The van der Waals surface area contributed by atoms with Gasteiger partial charge in [0.2, 0.25) is 0 Å². The van der Waals surface area contributed by atoms with Gasteiger partial charge in [-0.15, -0.1) is 0 Å². The lowest BCUT2D eigenvalue weighted by Crippen LogP contribution is -2.39. The molecule has 1 N–H and O–H groups in total. The number of carbonyl (C=O) groups is 1. The van der Waals surface area contributed by atoms with Gasteiger partial charge in [0, 0.05) is 44.2 Å². The molecule has 3 aromatic rings. The number of aromatic nitrogens is 2. The summed E-state index contributed by atoms with van der Waals surface area (Å²) in [7, 11) is 0. The number of hydrogen-bond acceptors (Lipinski definition) is 4. The highest BCUT2D eigenvalue weighted by atomic mass is 16.5. The van der Waals surface area contributed by atoms with Gasteiger partial charge >= 0.3 is 0 Å². The summed E-state index contributed by atoms with van der Waals surface area (Å²) in [6.45, 7) is 5.86. The highest BCUT2D eigenvalue weighted by Crippen LogP contribution is 2.27. The lowest BCUT2D eigenvalue weighted by molar-refractivity contribution is 0.0341. The largest absolute Gasteiger partial charge is 0.379 e. The molecule has 1 amide bonds. The van der Waals surface area contributed by atoms with E-state index >= 15 is 0 Å². The number of rotatable bonds is 4. The van der Waals surface area contributed by atoms with Gasteiger partial charge in [-0.2, -0.15) is 0 Å². The van der Waals surface area contributed by atoms with Gasteiger partial charge < -0.3 is 14.6 Å². The van der Waals surface area contributed by atoms with Gasteiger partial charge in [0.15, 0.2) is 0 Å². The van der Waals surface area contributed by atoms with Gasteiger partial charge in [-0.1, -0.05) is 24.3 Å². The van der Waals surface area contributed by atoms with Crippen LogP contribution in [0.4, 0.5) is 0 Å². The number of carbonyl (C=O) groups excluding carboxylic acids is 1. The van der Waals surface area contributed by atoms with Gasteiger partial charge in [-0.3, -0.25) is 9.69 Å². The van der Waals surface area contributed by atoms with Crippen LogP contribution in [-0.2, 0) is 11.3 Å². The van der Waals surface area contributed by atoms with Crippen LogP contribution in [0.2, 0.25) is 0 Å². The van der Waals surface area contributed by atoms with Crippen molar-refractivity contribution in [2.75, 3.05) is 39.4 Å². The maximum atomic E-state index is 13.3. The molecule has 2 aromatic carbocycles. The van der Waals surface area contributed by atoms with E-state index in [2.05, 4.69) is 28.1 Å². The molecule has 5 rings (SSSR count). The molecule has 6 nitrogen and oxygen atoms in total. The molecule has 6 heteroatoms. The van der Waals surface area contributed by atoms with Gasteiger partial charge in [0.05, 0.1) is 24.2 Å². The minimum Gasteiger partial charge on any atom is -0.379 e. The van der Waals surface area contributed by atoms with Crippen molar-refractivity contribution in [3.8, 4) is 0 Å². The molecular formula is C24H28N4O2. The number of amides is 1. The molecule has 1 aromatic heterocycles. The number of piperidine rings is 1. The molecule has 2 saturated heterocycles. The Kier molecular flexibility index (Phi) is 5.51. The smallest absolute Gasteiger partial charge is 0.253 e. The van der Waals surface area contributed by atoms with Crippen LogP contribution in [-0.4, -0.2) is 65.1 Å². The van der Waals surface area contributed by atoms with Crippen molar-refractivity contribution in [1.29, 1.82) is 0 Å². The van der Waals surface area contributed by atoms with Crippen molar-refractivity contribution in [2.45, 2.75) is 25.3 Å². The molecule has 0 bridgehead atoms. The van der Waals surface area contributed by atoms with Crippen LogP contribution in [0, 0.1) is 0 Å². The molecule has 2 aliphatic rings. The summed E-state index contributed by atoms with van der Waals surface area (Å²) in [4.78, 5) is 25.9. The first kappa shape index (κ1) is 19.3. The average Bonchev–Trinajstić information content (AvgIpc) is 3.24. The standard InChI is InChI=1S/C24H28N4O2/c29-24(19-6-3-5-18(15-19)16-27-11-13-30-14-12-27)28-10-4-7-20(17-28)23-25-21-8-1-2-9-22(21)26-23/h1-3,5-6,8-9,15,20H,4,7,10-14,16-17H2,(H,25,26). The van der Waals surface area contributed by atoms with Crippen molar-refractivity contribution in [3.63, 3.8) is 0 Å². The molecule has 3 heterocycles. The third-order valence-electron chi connectivity index (χ3n) is 6.19. The topological polar surface area (TPSA) is 61.5 Å². The molecule has 30 heavy (non-hydrogen) atoms. The fourth-order valence-corrected chi connectivity index (χ4v) is 4.55. The van der Waals surface area contributed by atoms with Crippen molar-refractivity contribution >= 4 is 16.9 Å². The second-order valence-corrected chi connectivity index (χ2v) is 8.32. The van der Waals surface area contributed by atoms with Crippen LogP contribution >= 0.6 is 0 Å². The second kappa shape index (κ2) is 8.58. The zero-order chi connectivity index (χ0) is 20.3. The first-order valence-electron chi connectivity index (χ1n) is 10.9. The Balaban J connectivity index is 1.29. The molecule has 1 unspecified atom stereocenters. The average molecular weight is 405 g/mol. The number of ether oxygens (including phenoxy) is 1. The zero-order valence-corrected chi connectivity index (χ0v) is 17.2. The Morgan fingerprint density at radius 1 is 1.10 bits per heavy atom. The summed E-state index contributed by atoms with van der Waals surface area (Å²) in [5.74, 6) is 1.38. The summed E-state index contributed by atoms with van der Waals surface area (Å²) in [5.41, 5.74) is 4.03. The normalized spacial score (nSPS) is 20.5. The van der Waals surface area contributed by atoms with Gasteiger partial charge in [0.25, 0.3) is 5.91 Å².